The Morgan fingerprint density at radius 3 is 3.09 bits per heavy atom. The van der Waals surface area contributed by atoms with Gasteiger partial charge in [0.1, 0.15) is 6.10 Å². The number of hydrogen-bond acceptors (Lipinski definition) is 3. The van der Waals surface area contributed by atoms with Crippen molar-refractivity contribution in [2.24, 2.45) is 0 Å². The summed E-state index contributed by atoms with van der Waals surface area (Å²) < 4.78 is 10.5. The summed E-state index contributed by atoms with van der Waals surface area (Å²) in [6, 6.07) is 0. The lowest BCUT2D eigenvalue weighted by Crippen LogP contribution is -2.37. The van der Waals surface area contributed by atoms with Crippen LogP contribution >= 0.6 is 0 Å². The molecule has 0 saturated carbocycles. The predicted molar refractivity (Wildman–Crippen MR) is 41.5 cm³/mol. The molecule has 1 saturated heterocycles. The Labute approximate surface area is 67.3 Å². The third-order valence-electron chi connectivity index (χ3n) is 1.89. The maximum absolute atomic E-state index is 9.39. The van der Waals surface area contributed by atoms with Gasteiger partial charge in [-0.05, 0) is 19.8 Å². The number of ether oxygens (including phenoxy) is 2. The van der Waals surface area contributed by atoms with Gasteiger partial charge >= 0.3 is 0 Å². The molecule has 0 spiro atoms. The molecule has 0 bridgehead atoms. The van der Waals surface area contributed by atoms with Gasteiger partial charge in [-0.3, -0.25) is 0 Å². The van der Waals surface area contributed by atoms with Crippen molar-refractivity contribution in [1.29, 1.82) is 0 Å². The van der Waals surface area contributed by atoms with Crippen LogP contribution in [-0.2, 0) is 9.47 Å². The number of hydrogen-bond donors (Lipinski definition) is 1. The highest BCUT2D eigenvalue weighted by Gasteiger charge is 2.23. The minimum atomic E-state index is -0.324. The van der Waals surface area contributed by atoms with Crippen molar-refractivity contribution in [3.8, 4) is 0 Å². The van der Waals surface area contributed by atoms with Gasteiger partial charge in [-0.25, -0.2) is 0 Å². The molecule has 3 nitrogen and oxygen atoms in total. The fourth-order valence-electron chi connectivity index (χ4n) is 1.22. The Kier molecular flexibility index (Phi) is 3.83. The summed E-state index contributed by atoms with van der Waals surface area (Å²) in [4.78, 5) is 0. The lowest BCUT2D eigenvalue weighted by Gasteiger charge is -2.27. The third kappa shape index (κ3) is 2.77. The average Bonchev–Trinajstić information content (AvgIpc) is 2.03. The summed E-state index contributed by atoms with van der Waals surface area (Å²) >= 11 is 0. The summed E-state index contributed by atoms with van der Waals surface area (Å²) in [5, 5.41) is 9.39. The second kappa shape index (κ2) is 4.70. The Hall–Kier alpha value is -0.120. The van der Waals surface area contributed by atoms with Gasteiger partial charge in [0, 0.05) is 13.2 Å². The topological polar surface area (TPSA) is 38.7 Å². The van der Waals surface area contributed by atoms with E-state index in [-0.39, 0.29) is 12.2 Å². The van der Waals surface area contributed by atoms with Crippen LogP contribution in [0.5, 0.6) is 0 Å². The Bertz CT molecular complexity index is 106. The Morgan fingerprint density at radius 2 is 2.45 bits per heavy atom. The number of rotatable bonds is 3. The average molecular weight is 160 g/mol. The second-order valence-corrected chi connectivity index (χ2v) is 2.78. The molecule has 1 aliphatic heterocycles. The molecule has 66 valence electrons. The summed E-state index contributed by atoms with van der Waals surface area (Å²) in [5.74, 6) is 0. The zero-order chi connectivity index (χ0) is 8.10. The van der Waals surface area contributed by atoms with E-state index in [1.54, 1.807) is 0 Å². The standard InChI is InChI=1S/C8H16O3/c1-2-10-6-8-7(9)4-3-5-11-8/h7-9H,2-6H2,1H3. The molecule has 3 heteroatoms. The molecular weight excluding hydrogens is 144 g/mol. The van der Waals surface area contributed by atoms with Crippen molar-refractivity contribution >= 4 is 0 Å². The lowest BCUT2D eigenvalue weighted by molar-refractivity contribution is -0.106. The molecule has 0 aromatic carbocycles. The monoisotopic (exact) mass is 160 g/mol. The molecule has 1 fully saturated rings. The molecule has 2 atom stereocenters. The number of aliphatic hydroxyl groups excluding tert-OH is 1. The van der Waals surface area contributed by atoms with Crippen molar-refractivity contribution < 1.29 is 14.6 Å². The van der Waals surface area contributed by atoms with E-state index < -0.39 is 0 Å². The van der Waals surface area contributed by atoms with E-state index in [0.29, 0.717) is 13.2 Å². The molecule has 0 aromatic heterocycles. The minimum Gasteiger partial charge on any atom is -0.390 e. The molecule has 0 aliphatic carbocycles. The molecule has 1 aliphatic rings. The van der Waals surface area contributed by atoms with Crippen LogP contribution in [0.25, 0.3) is 0 Å². The van der Waals surface area contributed by atoms with E-state index in [9.17, 15) is 5.11 Å². The molecule has 2 unspecified atom stereocenters. The van der Waals surface area contributed by atoms with Crippen LogP contribution in [0, 0.1) is 0 Å². The van der Waals surface area contributed by atoms with E-state index >= 15 is 0 Å². The van der Waals surface area contributed by atoms with Gasteiger partial charge in [0.05, 0.1) is 12.7 Å². The first-order valence-electron chi connectivity index (χ1n) is 4.22. The fourth-order valence-corrected chi connectivity index (χ4v) is 1.22. The first-order chi connectivity index (χ1) is 5.34. The third-order valence-corrected chi connectivity index (χ3v) is 1.89. The molecule has 0 aromatic rings. The van der Waals surface area contributed by atoms with Crippen molar-refractivity contribution in [1.82, 2.24) is 0 Å². The van der Waals surface area contributed by atoms with Crippen molar-refractivity contribution in [2.75, 3.05) is 19.8 Å². The van der Waals surface area contributed by atoms with Crippen LogP contribution in [0.15, 0.2) is 0 Å². The van der Waals surface area contributed by atoms with E-state index in [1.807, 2.05) is 6.92 Å². The van der Waals surface area contributed by atoms with Crippen LogP contribution in [0.2, 0.25) is 0 Å². The molecule has 11 heavy (non-hydrogen) atoms. The minimum absolute atomic E-state index is 0.0938. The quantitative estimate of drug-likeness (QED) is 0.655. The smallest absolute Gasteiger partial charge is 0.107 e. The van der Waals surface area contributed by atoms with Gasteiger partial charge in [-0.15, -0.1) is 0 Å². The molecule has 0 amide bonds. The van der Waals surface area contributed by atoms with Crippen molar-refractivity contribution in [2.45, 2.75) is 32.0 Å². The predicted octanol–water partition coefficient (Wildman–Crippen LogP) is 0.563. The molecule has 0 radical (unpaired) electrons. The lowest BCUT2D eigenvalue weighted by atomic mass is 10.1. The number of aliphatic hydroxyl groups is 1. The van der Waals surface area contributed by atoms with Gasteiger partial charge in [0.15, 0.2) is 0 Å². The highest BCUT2D eigenvalue weighted by atomic mass is 16.5. The van der Waals surface area contributed by atoms with Crippen molar-refractivity contribution in [3.63, 3.8) is 0 Å². The zero-order valence-electron chi connectivity index (χ0n) is 6.95. The van der Waals surface area contributed by atoms with Gasteiger partial charge in [0.2, 0.25) is 0 Å². The fraction of sp³-hybridized carbons (Fsp3) is 1.00. The van der Waals surface area contributed by atoms with Crippen LogP contribution in [0.4, 0.5) is 0 Å². The van der Waals surface area contributed by atoms with Gasteiger partial charge in [-0.1, -0.05) is 0 Å². The molecule has 1 heterocycles. The molecule has 1 N–H and O–H groups in total. The van der Waals surface area contributed by atoms with E-state index in [4.69, 9.17) is 9.47 Å². The first kappa shape index (κ1) is 8.97. The largest absolute Gasteiger partial charge is 0.390 e. The summed E-state index contributed by atoms with van der Waals surface area (Å²) in [6.45, 7) is 3.91. The first-order valence-corrected chi connectivity index (χ1v) is 4.22. The van der Waals surface area contributed by atoms with E-state index in [2.05, 4.69) is 0 Å². The van der Waals surface area contributed by atoms with Gasteiger partial charge < -0.3 is 14.6 Å². The molecular formula is C8H16O3. The van der Waals surface area contributed by atoms with Crippen LogP contribution in [0.1, 0.15) is 19.8 Å². The van der Waals surface area contributed by atoms with E-state index in [0.717, 1.165) is 19.4 Å². The summed E-state index contributed by atoms with van der Waals surface area (Å²) in [5.41, 5.74) is 0. The highest BCUT2D eigenvalue weighted by Crippen LogP contribution is 2.13. The Morgan fingerprint density at radius 1 is 1.64 bits per heavy atom. The summed E-state index contributed by atoms with van der Waals surface area (Å²) in [6.07, 6.45) is 1.39. The maximum Gasteiger partial charge on any atom is 0.107 e. The highest BCUT2D eigenvalue weighted by molar-refractivity contribution is 4.72. The van der Waals surface area contributed by atoms with E-state index in [1.165, 1.54) is 0 Å². The summed E-state index contributed by atoms with van der Waals surface area (Å²) in [7, 11) is 0. The van der Waals surface area contributed by atoms with Crippen LogP contribution in [0.3, 0.4) is 0 Å². The maximum atomic E-state index is 9.39. The normalized spacial score (nSPS) is 32.2. The second-order valence-electron chi connectivity index (χ2n) is 2.78. The SMILES string of the molecule is CCOCC1OCCCC1O. The van der Waals surface area contributed by atoms with Crippen LogP contribution in [-0.4, -0.2) is 37.1 Å². The molecule has 1 rings (SSSR count). The van der Waals surface area contributed by atoms with Crippen LogP contribution < -0.4 is 0 Å². The van der Waals surface area contributed by atoms with Crippen molar-refractivity contribution in [3.05, 3.63) is 0 Å². The van der Waals surface area contributed by atoms with Gasteiger partial charge in [0.25, 0.3) is 0 Å². The van der Waals surface area contributed by atoms with Gasteiger partial charge in [-0.2, -0.15) is 0 Å². The zero-order valence-corrected chi connectivity index (χ0v) is 6.95. The Balaban J connectivity index is 2.18.